The maximum atomic E-state index is 4.39. The minimum absolute atomic E-state index is 0.836. The molecule has 0 aliphatic heterocycles. The SMILES string of the molecule is CCCNCc1cnc(C)n1Cc1cnn(C)c1. The molecule has 0 radical (unpaired) electrons. The minimum Gasteiger partial charge on any atom is -0.326 e. The molecule has 0 amide bonds. The first-order chi connectivity index (χ1) is 8.70. The van der Waals surface area contributed by atoms with E-state index in [1.807, 2.05) is 37.2 Å². The molecule has 5 heteroatoms. The maximum absolute atomic E-state index is 4.39. The van der Waals surface area contributed by atoms with E-state index in [1.54, 1.807) is 0 Å². The van der Waals surface area contributed by atoms with Crippen molar-refractivity contribution in [1.29, 1.82) is 0 Å². The van der Waals surface area contributed by atoms with Crippen molar-refractivity contribution in [3.63, 3.8) is 0 Å². The van der Waals surface area contributed by atoms with Crippen molar-refractivity contribution in [3.8, 4) is 0 Å². The Kier molecular flexibility index (Phi) is 4.15. The van der Waals surface area contributed by atoms with Crippen molar-refractivity contribution in [3.05, 3.63) is 35.7 Å². The Hall–Kier alpha value is -1.62. The summed E-state index contributed by atoms with van der Waals surface area (Å²) in [5.41, 5.74) is 2.43. The van der Waals surface area contributed by atoms with Crippen molar-refractivity contribution in [2.45, 2.75) is 33.4 Å². The van der Waals surface area contributed by atoms with Gasteiger partial charge in [0, 0.05) is 31.5 Å². The zero-order valence-electron chi connectivity index (χ0n) is 11.3. The van der Waals surface area contributed by atoms with E-state index in [0.717, 1.165) is 31.9 Å². The molecule has 2 aromatic heterocycles. The number of hydrogen-bond acceptors (Lipinski definition) is 3. The van der Waals surface area contributed by atoms with Gasteiger partial charge in [-0.2, -0.15) is 5.10 Å². The Bertz CT molecular complexity index is 497. The summed E-state index contributed by atoms with van der Waals surface area (Å²) in [6.45, 7) is 6.96. The molecule has 0 aromatic carbocycles. The second-order valence-corrected chi connectivity index (χ2v) is 4.58. The maximum Gasteiger partial charge on any atom is 0.106 e. The van der Waals surface area contributed by atoms with Crippen LogP contribution in [0.25, 0.3) is 0 Å². The Morgan fingerprint density at radius 1 is 1.33 bits per heavy atom. The number of nitrogens with zero attached hydrogens (tertiary/aromatic N) is 4. The monoisotopic (exact) mass is 247 g/mol. The average molecular weight is 247 g/mol. The van der Waals surface area contributed by atoms with E-state index >= 15 is 0 Å². The van der Waals surface area contributed by atoms with Crippen molar-refractivity contribution in [1.82, 2.24) is 24.6 Å². The molecule has 2 aromatic rings. The van der Waals surface area contributed by atoms with E-state index in [0.29, 0.717) is 0 Å². The van der Waals surface area contributed by atoms with Crippen LogP contribution in [0.1, 0.15) is 30.4 Å². The van der Waals surface area contributed by atoms with Gasteiger partial charge in [0.05, 0.1) is 18.4 Å². The molecule has 0 bridgehead atoms. The van der Waals surface area contributed by atoms with Crippen molar-refractivity contribution in [2.75, 3.05) is 6.54 Å². The summed E-state index contributed by atoms with van der Waals surface area (Å²) in [5.74, 6) is 1.05. The molecule has 1 N–H and O–H groups in total. The lowest BCUT2D eigenvalue weighted by Gasteiger charge is -2.09. The standard InChI is InChI=1S/C13H21N5/c1-4-5-14-7-13-8-15-11(2)18(13)10-12-6-16-17(3)9-12/h6,8-9,14H,4-5,7,10H2,1-3H3. The van der Waals surface area contributed by atoms with Crippen molar-refractivity contribution >= 4 is 0 Å². The van der Waals surface area contributed by atoms with Crippen molar-refractivity contribution < 1.29 is 0 Å². The average Bonchev–Trinajstić information content (AvgIpc) is 2.90. The van der Waals surface area contributed by atoms with Gasteiger partial charge in [0.2, 0.25) is 0 Å². The summed E-state index contributed by atoms with van der Waals surface area (Å²) >= 11 is 0. The van der Waals surface area contributed by atoms with Gasteiger partial charge in [-0.05, 0) is 19.9 Å². The molecule has 0 aliphatic carbocycles. The predicted octanol–water partition coefficient (Wildman–Crippen LogP) is 1.47. The second kappa shape index (κ2) is 5.82. The smallest absolute Gasteiger partial charge is 0.106 e. The summed E-state index contributed by atoms with van der Waals surface area (Å²) < 4.78 is 4.07. The van der Waals surface area contributed by atoms with Crippen LogP contribution in [0, 0.1) is 6.92 Å². The normalized spacial score (nSPS) is 11.1. The van der Waals surface area contributed by atoms with Gasteiger partial charge in [0.15, 0.2) is 0 Å². The molecule has 2 heterocycles. The van der Waals surface area contributed by atoms with Crippen LogP contribution in [0.4, 0.5) is 0 Å². The Morgan fingerprint density at radius 2 is 2.17 bits per heavy atom. The van der Waals surface area contributed by atoms with Crippen LogP contribution < -0.4 is 5.32 Å². The van der Waals surface area contributed by atoms with Crippen LogP contribution in [-0.2, 0) is 20.1 Å². The molecule has 0 fully saturated rings. The van der Waals surface area contributed by atoms with Crippen LogP contribution in [-0.4, -0.2) is 25.9 Å². The van der Waals surface area contributed by atoms with E-state index in [1.165, 1.54) is 11.3 Å². The fourth-order valence-electron chi connectivity index (χ4n) is 2.00. The van der Waals surface area contributed by atoms with Gasteiger partial charge in [-0.3, -0.25) is 4.68 Å². The van der Waals surface area contributed by atoms with Gasteiger partial charge in [-0.15, -0.1) is 0 Å². The molecule has 18 heavy (non-hydrogen) atoms. The lowest BCUT2D eigenvalue weighted by atomic mass is 10.3. The summed E-state index contributed by atoms with van der Waals surface area (Å²) in [6.07, 6.45) is 7.05. The predicted molar refractivity (Wildman–Crippen MR) is 71.3 cm³/mol. The number of imidazole rings is 1. The van der Waals surface area contributed by atoms with Crippen LogP contribution in [0.3, 0.4) is 0 Å². The fraction of sp³-hybridized carbons (Fsp3) is 0.538. The zero-order chi connectivity index (χ0) is 13.0. The molecular formula is C13H21N5. The highest BCUT2D eigenvalue weighted by Crippen LogP contribution is 2.09. The van der Waals surface area contributed by atoms with E-state index in [9.17, 15) is 0 Å². The van der Waals surface area contributed by atoms with Gasteiger partial charge < -0.3 is 9.88 Å². The number of nitrogens with one attached hydrogen (secondary N) is 1. The molecular weight excluding hydrogens is 226 g/mol. The van der Waals surface area contributed by atoms with Gasteiger partial charge in [-0.25, -0.2) is 4.98 Å². The highest BCUT2D eigenvalue weighted by Gasteiger charge is 2.07. The first kappa shape index (κ1) is 12.8. The zero-order valence-corrected chi connectivity index (χ0v) is 11.3. The highest BCUT2D eigenvalue weighted by atomic mass is 15.2. The highest BCUT2D eigenvalue weighted by molar-refractivity contribution is 5.11. The van der Waals surface area contributed by atoms with Crippen molar-refractivity contribution in [2.24, 2.45) is 7.05 Å². The van der Waals surface area contributed by atoms with Gasteiger partial charge >= 0.3 is 0 Å². The number of aryl methyl sites for hydroxylation is 2. The molecule has 0 spiro atoms. The quantitative estimate of drug-likeness (QED) is 0.786. The molecule has 0 aliphatic rings. The van der Waals surface area contributed by atoms with E-state index in [2.05, 4.69) is 26.9 Å². The molecule has 2 rings (SSSR count). The first-order valence-electron chi connectivity index (χ1n) is 6.40. The van der Waals surface area contributed by atoms with E-state index in [-0.39, 0.29) is 0 Å². The van der Waals surface area contributed by atoms with Crippen LogP contribution in [0.15, 0.2) is 18.6 Å². The molecule has 0 atom stereocenters. The summed E-state index contributed by atoms with van der Waals surface area (Å²) in [5, 5.41) is 7.61. The third-order valence-corrected chi connectivity index (χ3v) is 2.97. The Morgan fingerprint density at radius 3 is 2.83 bits per heavy atom. The van der Waals surface area contributed by atoms with Crippen LogP contribution in [0.2, 0.25) is 0 Å². The molecule has 5 nitrogen and oxygen atoms in total. The fourth-order valence-corrected chi connectivity index (χ4v) is 2.00. The Labute approximate surface area is 108 Å². The number of hydrogen-bond donors (Lipinski definition) is 1. The van der Waals surface area contributed by atoms with E-state index < -0.39 is 0 Å². The third-order valence-electron chi connectivity index (χ3n) is 2.97. The summed E-state index contributed by atoms with van der Waals surface area (Å²) in [7, 11) is 1.94. The summed E-state index contributed by atoms with van der Waals surface area (Å²) in [4.78, 5) is 4.39. The number of aromatic nitrogens is 4. The van der Waals surface area contributed by atoms with Gasteiger partial charge in [-0.1, -0.05) is 6.92 Å². The molecule has 0 saturated carbocycles. The van der Waals surface area contributed by atoms with Crippen LogP contribution in [0.5, 0.6) is 0 Å². The van der Waals surface area contributed by atoms with Gasteiger partial charge in [0.1, 0.15) is 5.82 Å². The lowest BCUT2D eigenvalue weighted by Crippen LogP contribution is -2.17. The lowest BCUT2D eigenvalue weighted by molar-refractivity contribution is 0.623. The van der Waals surface area contributed by atoms with Gasteiger partial charge in [0.25, 0.3) is 0 Å². The second-order valence-electron chi connectivity index (χ2n) is 4.58. The molecule has 0 unspecified atom stereocenters. The van der Waals surface area contributed by atoms with E-state index in [4.69, 9.17) is 0 Å². The summed E-state index contributed by atoms with van der Waals surface area (Å²) in [6, 6.07) is 0. The first-order valence-corrected chi connectivity index (χ1v) is 6.40. The van der Waals surface area contributed by atoms with Crippen LogP contribution >= 0.6 is 0 Å². The largest absolute Gasteiger partial charge is 0.326 e. The Balaban J connectivity index is 2.08. The topological polar surface area (TPSA) is 47.7 Å². The third kappa shape index (κ3) is 2.98. The number of rotatable bonds is 6. The minimum atomic E-state index is 0.836. The molecule has 98 valence electrons. The molecule has 0 saturated heterocycles.